The first-order chi connectivity index (χ1) is 10.1. The SMILES string of the molecule is CC1CCN(CC(=O)Nc2ccc(C#N)cc2)CC1CN. The first kappa shape index (κ1) is 15.5. The summed E-state index contributed by atoms with van der Waals surface area (Å²) in [7, 11) is 0. The van der Waals surface area contributed by atoms with E-state index in [0.29, 0.717) is 30.5 Å². The molecule has 0 bridgehead atoms. The molecule has 0 aromatic heterocycles. The van der Waals surface area contributed by atoms with Gasteiger partial charge in [0.25, 0.3) is 0 Å². The summed E-state index contributed by atoms with van der Waals surface area (Å²) in [5, 5.41) is 11.6. The Labute approximate surface area is 125 Å². The Morgan fingerprint density at radius 1 is 1.48 bits per heavy atom. The Morgan fingerprint density at radius 3 is 2.81 bits per heavy atom. The van der Waals surface area contributed by atoms with Gasteiger partial charge >= 0.3 is 0 Å². The second-order valence-electron chi connectivity index (χ2n) is 5.73. The minimum absolute atomic E-state index is 0.0231. The molecule has 5 nitrogen and oxygen atoms in total. The third-order valence-electron chi connectivity index (χ3n) is 4.17. The Bertz CT molecular complexity index is 520. The number of rotatable bonds is 4. The molecule has 1 fully saturated rings. The number of nitrogens with one attached hydrogen (secondary N) is 1. The number of amides is 1. The van der Waals surface area contributed by atoms with Crippen LogP contribution in [-0.4, -0.2) is 37.0 Å². The van der Waals surface area contributed by atoms with Crippen LogP contribution in [-0.2, 0) is 4.79 Å². The van der Waals surface area contributed by atoms with Crippen molar-refractivity contribution in [1.82, 2.24) is 4.90 Å². The third kappa shape index (κ3) is 4.28. The highest BCUT2D eigenvalue weighted by Crippen LogP contribution is 2.22. The number of benzene rings is 1. The van der Waals surface area contributed by atoms with Crippen molar-refractivity contribution >= 4 is 11.6 Å². The lowest BCUT2D eigenvalue weighted by Crippen LogP contribution is -2.45. The van der Waals surface area contributed by atoms with E-state index in [1.54, 1.807) is 24.3 Å². The Morgan fingerprint density at radius 2 is 2.19 bits per heavy atom. The predicted octanol–water partition coefficient (Wildman–Crippen LogP) is 1.41. The first-order valence-electron chi connectivity index (χ1n) is 7.35. The molecular formula is C16H22N4O. The summed E-state index contributed by atoms with van der Waals surface area (Å²) in [6.45, 7) is 5.13. The molecule has 2 atom stereocenters. The van der Waals surface area contributed by atoms with Crippen LogP contribution in [0, 0.1) is 23.2 Å². The molecule has 0 saturated carbocycles. The van der Waals surface area contributed by atoms with Gasteiger partial charge in [-0.2, -0.15) is 5.26 Å². The van der Waals surface area contributed by atoms with Crippen LogP contribution in [0.15, 0.2) is 24.3 Å². The Kier molecular flexibility index (Phi) is 5.32. The zero-order chi connectivity index (χ0) is 15.2. The number of anilines is 1. The average Bonchev–Trinajstić information content (AvgIpc) is 2.50. The maximum atomic E-state index is 12.1. The van der Waals surface area contributed by atoms with Crippen molar-refractivity contribution in [1.29, 1.82) is 5.26 Å². The molecule has 21 heavy (non-hydrogen) atoms. The Hall–Kier alpha value is -1.90. The third-order valence-corrected chi connectivity index (χ3v) is 4.17. The fraction of sp³-hybridized carbons (Fsp3) is 0.500. The van der Waals surface area contributed by atoms with Crippen LogP contribution in [0.1, 0.15) is 18.9 Å². The van der Waals surface area contributed by atoms with Gasteiger partial charge in [0.05, 0.1) is 18.2 Å². The van der Waals surface area contributed by atoms with Crippen molar-refractivity contribution in [2.24, 2.45) is 17.6 Å². The van der Waals surface area contributed by atoms with Gasteiger partial charge in [-0.05, 0) is 55.6 Å². The van der Waals surface area contributed by atoms with E-state index in [-0.39, 0.29) is 5.91 Å². The zero-order valence-corrected chi connectivity index (χ0v) is 12.4. The zero-order valence-electron chi connectivity index (χ0n) is 12.4. The van der Waals surface area contributed by atoms with Crippen LogP contribution in [0.5, 0.6) is 0 Å². The number of nitriles is 1. The number of carbonyl (C=O) groups excluding carboxylic acids is 1. The number of nitrogens with two attached hydrogens (primary N) is 1. The highest BCUT2D eigenvalue weighted by Gasteiger charge is 2.26. The van der Waals surface area contributed by atoms with Crippen molar-refractivity contribution in [2.45, 2.75) is 13.3 Å². The van der Waals surface area contributed by atoms with Gasteiger partial charge in [0.2, 0.25) is 5.91 Å². The second kappa shape index (κ2) is 7.21. The summed E-state index contributed by atoms with van der Waals surface area (Å²) >= 11 is 0. The maximum absolute atomic E-state index is 12.1. The summed E-state index contributed by atoms with van der Waals surface area (Å²) in [6, 6.07) is 8.94. The van der Waals surface area contributed by atoms with Gasteiger partial charge in [0, 0.05) is 12.2 Å². The minimum Gasteiger partial charge on any atom is -0.330 e. The maximum Gasteiger partial charge on any atom is 0.238 e. The van der Waals surface area contributed by atoms with Crippen molar-refractivity contribution in [2.75, 3.05) is 31.5 Å². The molecule has 1 aromatic rings. The molecule has 0 radical (unpaired) electrons. The monoisotopic (exact) mass is 286 g/mol. The van der Waals surface area contributed by atoms with Crippen molar-refractivity contribution in [3.63, 3.8) is 0 Å². The number of likely N-dealkylation sites (tertiary alicyclic amines) is 1. The highest BCUT2D eigenvalue weighted by atomic mass is 16.2. The van der Waals surface area contributed by atoms with Gasteiger partial charge in [0.15, 0.2) is 0 Å². The highest BCUT2D eigenvalue weighted by molar-refractivity contribution is 5.92. The molecule has 1 heterocycles. The lowest BCUT2D eigenvalue weighted by molar-refractivity contribution is -0.117. The summed E-state index contributed by atoms with van der Waals surface area (Å²) < 4.78 is 0. The quantitative estimate of drug-likeness (QED) is 0.877. The molecule has 112 valence electrons. The van der Waals surface area contributed by atoms with Crippen LogP contribution in [0.4, 0.5) is 5.69 Å². The van der Waals surface area contributed by atoms with Gasteiger partial charge < -0.3 is 11.1 Å². The van der Waals surface area contributed by atoms with E-state index in [2.05, 4.69) is 23.2 Å². The number of hydrogen-bond donors (Lipinski definition) is 2. The first-order valence-corrected chi connectivity index (χ1v) is 7.35. The fourth-order valence-electron chi connectivity index (χ4n) is 2.71. The second-order valence-corrected chi connectivity index (χ2v) is 5.73. The molecule has 5 heteroatoms. The average molecular weight is 286 g/mol. The summed E-state index contributed by atoms with van der Waals surface area (Å²) in [6.07, 6.45) is 1.09. The largest absolute Gasteiger partial charge is 0.330 e. The van der Waals surface area contributed by atoms with Crippen molar-refractivity contribution in [3.05, 3.63) is 29.8 Å². The molecule has 0 aliphatic carbocycles. The topological polar surface area (TPSA) is 82.2 Å². The number of piperidine rings is 1. The van der Waals surface area contributed by atoms with Gasteiger partial charge in [0.1, 0.15) is 0 Å². The van der Waals surface area contributed by atoms with Crippen LogP contribution >= 0.6 is 0 Å². The van der Waals surface area contributed by atoms with Crippen LogP contribution < -0.4 is 11.1 Å². The minimum atomic E-state index is -0.0231. The molecule has 2 unspecified atom stereocenters. The van der Waals surface area contributed by atoms with E-state index >= 15 is 0 Å². The number of carbonyl (C=O) groups is 1. The molecule has 0 spiro atoms. The number of hydrogen-bond acceptors (Lipinski definition) is 4. The number of nitrogens with zero attached hydrogens (tertiary/aromatic N) is 2. The summed E-state index contributed by atoms with van der Waals surface area (Å²) in [4.78, 5) is 14.2. The van der Waals surface area contributed by atoms with Gasteiger partial charge in [-0.25, -0.2) is 0 Å². The van der Waals surface area contributed by atoms with Crippen molar-refractivity contribution in [3.8, 4) is 6.07 Å². The van der Waals surface area contributed by atoms with E-state index in [0.717, 1.165) is 25.2 Å². The normalized spacial score (nSPS) is 22.5. The predicted molar refractivity (Wildman–Crippen MR) is 82.6 cm³/mol. The molecular weight excluding hydrogens is 264 g/mol. The lowest BCUT2D eigenvalue weighted by atomic mass is 9.87. The van der Waals surface area contributed by atoms with Gasteiger partial charge in [-0.15, -0.1) is 0 Å². The lowest BCUT2D eigenvalue weighted by Gasteiger charge is -2.36. The molecule has 1 aliphatic rings. The Balaban J connectivity index is 1.85. The molecule has 1 amide bonds. The van der Waals surface area contributed by atoms with E-state index in [1.807, 2.05) is 0 Å². The summed E-state index contributed by atoms with van der Waals surface area (Å²) in [5.41, 5.74) is 7.09. The molecule has 3 N–H and O–H groups in total. The molecule has 1 aromatic carbocycles. The summed E-state index contributed by atoms with van der Waals surface area (Å²) in [5.74, 6) is 1.08. The fourth-order valence-corrected chi connectivity index (χ4v) is 2.71. The van der Waals surface area contributed by atoms with E-state index in [4.69, 9.17) is 11.0 Å². The van der Waals surface area contributed by atoms with Crippen LogP contribution in [0.2, 0.25) is 0 Å². The standard InChI is InChI=1S/C16H22N4O/c1-12-6-7-20(10-14(12)9-18)11-16(21)19-15-4-2-13(8-17)3-5-15/h2-5,12,14H,6-7,9-11,18H2,1H3,(H,19,21). The van der Waals surface area contributed by atoms with E-state index < -0.39 is 0 Å². The van der Waals surface area contributed by atoms with E-state index in [1.165, 1.54) is 0 Å². The molecule has 2 rings (SSSR count). The molecule has 1 saturated heterocycles. The smallest absolute Gasteiger partial charge is 0.238 e. The van der Waals surface area contributed by atoms with Gasteiger partial charge in [-0.3, -0.25) is 9.69 Å². The van der Waals surface area contributed by atoms with Crippen LogP contribution in [0.3, 0.4) is 0 Å². The molecule has 1 aliphatic heterocycles. The van der Waals surface area contributed by atoms with Crippen molar-refractivity contribution < 1.29 is 4.79 Å². The van der Waals surface area contributed by atoms with Gasteiger partial charge in [-0.1, -0.05) is 6.92 Å². The van der Waals surface area contributed by atoms with E-state index in [9.17, 15) is 4.79 Å². The van der Waals surface area contributed by atoms with Crippen LogP contribution in [0.25, 0.3) is 0 Å².